The Kier molecular flexibility index (Phi) is 4.46. The standard InChI is InChI=1S/C14H16ClN5O3/c15-9-5-8(12(22)6-10(9)19-23)13-14(11(7-21)17-18-13)20-3-1-16-2-4-20/h5-6,16,21-22H,1-4,7H2,(H,17,18). The van der Waals surface area contributed by atoms with Crippen LogP contribution in [0.4, 0.5) is 11.4 Å². The van der Waals surface area contributed by atoms with Crippen LogP contribution in [-0.2, 0) is 6.61 Å². The van der Waals surface area contributed by atoms with Crippen molar-refractivity contribution in [2.45, 2.75) is 6.61 Å². The molecule has 2 heterocycles. The van der Waals surface area contributed by atoms with Gasteiger partial charge in [-0.3, -0.25) is 5.10 Å². The Morgan fingerprint density at radius 1 is 1.35 bits per heavy atom. The summed E-state index contributed by atoms with van der Waals surface area (Å²) in [6, 6.07) is 2.66. The van der Waals surface area contributed by atoms with Crippen LogP contribution < -0.4 is 10.2 Å². The van der Waals surface area contributed by atoms with Crippen LogP contribution in [0.2, 0.25) is 5.02 Å². The van der Waals surface area contributed by atoms with E-state index < -0.39 is 0 Å². The lowest BCUT2D eigenvalue weighted by Gasteiger charge is -2.30. The van der Waals surface area contributed by atoms with E-state index in [-0.39, 0.29) is 23.1 Å². The van der Waals surface area contributed by atoms with Gasteiger partial charge < -0.3 is 20.4 Å². The number of hydrogen-bond acceptors (Lipinski definition) is 7. The summed E-state index contributed by atoms with van der Waals surface area (Å²) in [7, 11) is 0. The number of aliphatic hydroxyl groups excluding tert-OH is 1. The van der Waals surface area contributed by atoms with Gasteiger partial charge in [0.1, 0.15) is 17.1 Å². The summed E-state index contributed by atoms with van der Waals surface area (Å²) in [4.78, 5) is 12.8. The maximum absolute atomic E-state index is 10.7. The van der Waals surface area contributed by atoms with E-state index in [2.05, 4.69) is 25.6 Å². The van der Waals surface area contributed by atoms with Gasteiger partial charge in [-0.15, -0.1) is 4.91 Å². The number of anilines is 1. The number of halogens is 1. The molecular weight excluding hydrogens is 322 g/mol. The van der Waals surface area contributed by atoms with E-state index in [4.69, 9.17) is 11.6 Å². The predicted molar refractivity (Wildman–Crippen MR) is 87.2 cm³/mol. The number of aromatic amines is 1. The molecule has 3 rings (SSSR count). The number of hydrogen-bond donors (Lipinski definition) is 4. The molecule has 122 valence electrons. The Morgan fingerprint density at radius 3 is 2.74 bits per heavy atom. The zero-order valence-corrected chi connectivity index (χ0v) is 13.0. The average molecular weight is 338 g/mol. The molecular formula is C14H16ClN5O3. The number of piperazine rings is 1. The van der Waals surface area contributed by atoms with Crippen molar-refractivity contribution in [1.29, 1.82) is 0 Å². The topological polar surface area (TPSA) is 114 Å². The fourth-order valence-electron chi connectivity index (χ4n) is 2.71. The smallest absolute Gasteiger partial charge is 0.130 e. The van der Waals surface area contributed by atoms with Gasteiger partial charge in [-0.1, -0.05) is 11.6 Å². The summed E-state index contributed by atoms with van der Waals surface area (Å²) in [6.45, 7) is 2.94. The predicted octanol–water partition coefficient (Wildman–Crippen LogP) is 1.74. The number of aromatic hydroxyl groups is 1. The second-order valence-corrected chi connectivity index (χ2v) is 5.61. The minimum absolute atomic E-state index is 0.0328. The number of nitrogens with zero attached hydrogens (tertiary/aromatic N) is 3. The molecule has 1 aliphatic rings. The van der Waals surface area contributed by atoms with Crippen molar-refractivity contribution in [1.82, 2.24) is 15.5 Å². The number of H-pyrrole nitrogens is 1. The molecule has 0 saturated carbocycles. The SMILES string of the molecule is O=Nc1cc(O)c(-c2n[nH]c(CO)c2N2CCNCC2)cc1Cl. The van der Waals surface area contributed by atoms with Gasteiger partial charge >= 0.3 is 0 Å². The van der Waals surface area contributed by atoms with Crippen molar-refractivity contribution in [3.8, 4) is 17.0 Å². The van der Waals surface area contributed by atoms with Crippen molar-refractivity contribution in [3.63, 3.8) is 0 Å². The normalized spacial score (nSPS) is 15.0. The Hall–Kier alpha value is -2.16. The molecule has 8 nitrogen and oxygen atoms in total. The van der Waals surface area contributed by atoms with E-state index in [0.29, 0.717) is 17.0 Å². The third-order valence-electron chi connectivity index (χ3n) is 3.82. The molecule has 0 aliphatic carbocycles. The molecule has 1 fully saturated rings. The molecule has 0 bridgehead atoms. The van der Waals surface area contributed by atoms with E-state index in [1.807, 2.05) is 0 Å². The molecule has 0 radical (unpaired) electrons. The van der Waals surface area contributed by atoms with E-state index >= 15 is 0 Å². The Balaban J connectivity index is 2.11. The first-order valence-corrected chi connectivity index (χ1v) is 7.53. The zero-order chi connectivity index (χ0) is 16.4. The van der Waals surface area contributed by atoms with Gasteiger partial charge in [0, 0.05) is 37.8 Å². The number of benzene rings is 1. The summed E-state index contributed by atoms with van der Waals surface area (Å²) < 4.78 is 0. The van der Waals surface area contributed by atoms with E-state index in [1.54, 1.807) is 0 Å². The van der Waals surface area contributed by atoms with E-state index in [9.17, 15) is 15.1 Å². The number of rotatable bonds is 4. The van der Waals surface area contributed by atoms with Gasteiger partial charge in [0.25, 0.3) is 0 Å². The van der Waals surface area contributed by atoms with Crippen LogP contribution >= 0.6 is 11.6 Å². The van der Waals surface area contributed by atoms with Crippen LogP contribution in [-0.4, -0.2) is 46.6 Å². The molecule has 1 aromatic heterocycles. The summed E-state index contributed by atoms with van der Waals surface area (Å²) in [5, 5.41) is 32.9. The van der Waals surface area contributed by atoms with Gasteiger partial charge in [-0.25, -0.2) is 0 Å². The fourth-order valence-corrected chi connectivity index (χ4v) is 2.91. The van der Waals surface area contributed by atoms with Crippen LogP contribution in [0.15, 0.2) is 17.3 Å². The first kappa shape index (κ1) is 15.7. The van der Waals surface area contributed by atoms with Gasteiger partial charge in [-0.2, -0.15) is 5.10 Å². The molecule has 0 amide bonds. The number of nitroso groups, excluding NO2 is 1. The number of phenols is 1. The molecule has 0 unspecified atom stereocenters. The largest absolute Gasteiger partial charge is 0.507 e. The van der Waals surface area contributed by atoms with Crippen LogP contribution in [0.25, 0.3) is 11.3 Å². The van der Waals surface area contributed by atoms with E-state index in [0.717, 1.165) is 31.9 Å². The second-order valence-electron chi connectivity index (χ2n) is 5.21. The molecule has 1 aliphatic heterocycles. The van der Waals surface area contributed by atoms with Crippen molar-refractivity contribution < 1.29 is 10.2 Å². The average Bonchev–Trinajstić information content (AvgIpc) is 3.01. The van der Waals surface area contributed by atoms with Crippen molar-refractivity contribution in [2.24, 2.45) is 5.18 Å². The Bertz CT molecular complexity index is 727. The summed E-state index contributed by atoms with van der Waals surface area (Å²) >= 11 is 6.01. The Labute approximate surface area is 137 Å². The zero-order valence-electron chi connectivity index (χ0n) is 12.2. The lowest BCUT2D eigenvalue weighted by atomic mass is 10.1. The van der Waals surface area contributed by atoms with Crippen LogP contribution in [0, 0.1) is 4.91 Å². The highest BCUT2D eigenvalue weighted by Crippen LogP contribution is 2.41. The molecule has 0 atom stereocenters. The lowest BCUT2D eigenvalue weighted by molar-refractivity contribution is 0.276. The minimum Gasteiger partial charge on any atom is -0.507 e. The van der Waals surface area contributed by atoms with Crippen LogP contribution in [0.3, 0.4) is 0 Å². The molecule has 9 heteroatoms. The summed E-state index contributed by atoms with van der Waals surface area (Å²) in [5.74, 6) is -0.142. The third-order valence-corrected chi connectivity index (χ3v) is 4.13. The van der Waals surface area contributed by atoms with Crippen LogP contribution in [0.1, 0.15) is 5.69 Å². The minimum atomic E-state index is -0.200. The molecule has 23 heavy (non-hydrogen) atoms. The summed E-state index contributed by atoms with van der Waals surface area (Å²) in [5.41, 5.74) is 2.12. The Morgan fingerprint density at radius 2 is 2.09 bits per heavy atom. The van der Waals surface area contributed by atoms with Crippen molar-refractivity contribution in [2.75, 3.05) is 31.1 Å². The molecule has 2 aromatic rings. The first-order valence-electron chi connectivity index (χ1n) is 7.15. The lowest BCUT2D eigenvalue weighted by Crippen LogP contribution is -2.44. The monoisotopic (exact) mass is 337 g/mol. The third kappa shape index (κ3) is 2.88. The van der Waals surface area contributed by atoms with Gasteiger partial charge in [0.15, 0.2) is 0 Å². The van der Waals surface area contributed by atoms with Gasteiger partial charge in [0.2, 0.25) is 0 Å². The van der Waals surface area contributed by atoms with Crippen molar-refractivity contribution >= 4 is 23.0 Å². The highest BCUT2D eigenvalue weighted by atomic mass is 35.5. The number of nitrogens with one attached hydrogen (secondary N) is 2. The number of aliphatic hydroxyl groups is 1. The maximum atomic E-state index is 10.7. The quantitative estimate of drug-likeness (QED) is 0.632. The highest BCUT2D eigenvalue weighted by molar-refractivity contribution is 6.33. The molecule has 4 N–H and O–H groups in total. The molecule has 1 saturated heterocycles. The fraction of sp³-hybridized carbons (Fsp3) is 0.357. The van der Waals surface area contributed by atoms with E-state index in [1.165, 1.54) is 12.1 Å². The second kappa shape index (κ2) is 6.53. The molecule has 0 spiro atoms. The number of phenolic OH excluding ortho intramolecular Hbond substituents is 1. The van der Waals surface area contributed by atoms with Gasteiger partial charge in [-0.05, 0) is 11.2 Å². The maximum Gasteiger partial charge on any atom is 0.130 e. The molecule has 1 aromatic carbocycles. The first-order chi connectivity index (χ1) is 11.2. The highest BCUT2D eigenvalue weighted by Gasteiger charge is 2.24. The number of aromatic nitrogens is 2. The van der Waals surface area contributed by atoms with Crippen molar-refractivity contribution in [3.05, 3.63) is 27.8 Å². The van der Waals surface area contributed by atoms with Gasteiger partial charge in [0.05, 0.1) is 23.0 Å². The van der Waals surface area contributed by atoms with Crippen LogP contribution in [0.5, 0.6) is 5.75 Å². The summed E-state index contributed by atoms with van der Waals surface area (Å²) in [6.07, 6.45) is 0.